The van der Waals surface area contributed by atoms with E-state index >= 15 is 0 Å². The summed E-state index contributed by atoms with van der Waals surface area (Å²) >= 11 is 22.0. The van der Waals surface area contributed by atoms with Crippen LogP contribution >= 0.6 is 46.4 Å². The SMILES string of the molecule is O=C1C(Cl)=C(Cl)C(Cl)=C(Cl)C1[N+](=O)[O-]. The Balaban J connectivity index is 3.33. The highest BCUT2D eigenvalue weighted by molar-refractivity contribution is 6.57. The molecule has 4 nitrogen and oxygen atoms in total. The topological polar surface area (TPSA) is 60.2 Å². The minimum Gasteiger partial charge on any atom is -0.285 e. The van der Waals surface area contributed by atoms with Gasteiger partial charge in [-0.1, -0.05) is 46.4 Å². The van der Waals surface area contributed by atoms with Crippen molar-refractivity contribution in [3.05, 3.63) is 30.2 Å². The van der Waals surface area contributed by atoms with Crippen molar-refractivity contribution in [1.82, 2.24) is 0 Å². The minimum atomic E-state index is -1.75. The van der Waals surface area contributed by atoms with Crippen LogP contribution in [0.1, 0.15) is 0 Å². The summed E-state index contributed by atoms with van der Waals surface area (Å²) in [7, 11) is 0. The summed E-state index contributed by atoms with van der Waals surface area (Å²) in [4.78, 5) is 20.8. The van der Waals surface area contributed by atoms with Gasteiger partial charge in [0.15, 0.2) is 0 Å². The van der Waals surface area contributed by atoms with Gasteiger partial charge in [-0.15, -0.1) is 0 Å². The second-order valence-electron chi connectivity index (χ2n) is 2.34. The second-order valence-corrected chi connectivity index (χ2v) is 3.88. The third-order valence-electron chi connectivity index (χ3n) is 1.51. The molecule has 1 aliphatic carbocycles. The molecule has 0 bridgehead atoms. The first-order valence-electron chi connectivity index (χ1n) is 3.16. The Kier molecular flexibility index (Phi) is 3.42. The van der Waals surface area contributed by atoms with Crippen molar-refractivity contribution in [2.75, 3.05) is 0 Å². The van der Waals surface area contributed by atoms with Crippen molar-refractivity contribution in [3.63, 3.8) is 0 Å². The number of carbonyl (C=O) groups excluding carboxylic acids is 1. The molecule has 1 atom stereocenters. The fourth-order valence-electron chi connectivity index (χ4n) is 0.853. The van der Waals surface area contributed by atoms with Crippen molar-refractivity contribution in [2.45, 2.75) is 6.04 Å². The third-order valence-corrected chi connectivity index (χ3v) is 3.34. The molecular weight excluding hydrogens is 276 g/mol. The fraction of sp³-hybridized carbons (Fsp3) is 0.167. The predicted octanol–water partition coefficient (Wildman–Crippen LogP) is 2.59. The van der Waals surface area contributed by atoms with Gasteiger partial charge in [-0.3, -0.25) is 14.9 Å². The number of allylic oxidation sites excluding steroid dienone is 2. The molecule has 0 heterocycles. The van der Waals surface area contributed by atoms with Crippen LogP contribution in [-0.2, 0) is 4.79 Å². The minimum absolute atomic E-state index is 0.263. The lowest BCUT2D eigenvalue weighted by Crippen LogP contribution is -2.33. The Morgan fingerprint density at radius 3 is 2.00 bits per heavy atom. The van der Waals surface area contributed by atoms with Crippen molar-refractivity contribution in [3.8, 4) is 0 Å². The quantitative estimate of drug-likeness (QED) is 0.546. The Morgan fingerprint density at radius 2 is 1.57 bits per heavy atom. The summed E-state index contributed by atoms with van der Waals surface area (Å²) in [6.07, 6.45) is 0. The van der Waals surface area contributed by atoms with Crippen LogP contribution in [0.4, 0.5) is 0 Å². The normalized spacial score (nSPS) is 23.1. The average Bonchev–Trinajstić information content (AvgIpc) is 2.11. The lowest BCUT2D eigenvalue weighted by molar-refractivity contribution is -0.495. The Bertz CT molecular complexity index is 387. The van der Waals surface area contributed by atoms with Crippen LogP contribution in [0.15, 0.2) is 20.1 Å². The number of nitrogens with zero attached hydrogens (tertiary/aromatic N) is 1. The zero-order valence-electron chi connectivity index (χ0n) is 6.26. The molecule has 0 aromatic rings. The number of rotatable bonds is 1. The van der Waals surface area contributed by atoms with Gasteiger partial charge in [0.2, 0.25) is 0 Å². The standard InChI is InChI=1S/C6HCl4NO3/c7-1-2(8)4(10)6(12)5(3(1)9)11(13)14/h5H. The smallest absolute Gasteiger partial charge is 0.285 e. The molecule has 0 spiro atoms. The largest absolute Gasteiger partial charge is 0.312 e. The number of carbonyl (C=O) groups is 1. The second kappa shape index (κ2) is 4.06. The number of nitro groups is 1. The molecule has 0 radical (unpaired) electrons. The maximum Gasteiger partial charge on any atom is 0.312 e. The molecule has 1 aliphatic rings. The summed E-state index contributed by atoms with van der Waals surface area (Å²) in [5.74, 6) is -0.962. The van der Waals surface area contributed by atoms with Crippen molar-refractivity contribution < 1.29 is 9.72 Å². The van der Waals surface area contributed by atoms with E-state index in [2.05, 4.69) is 0 Å². The van der Waals surface area contributed by atoms with Crippen LogP contribution in [0.5, 0.6) is 0 Å². The van der Waals surface area contributed by atoms with Gasteiger partial charge in [-0.2, -0.15) is 0 Å². The molecule has 8 heteroatoms. The first kappa shape index (κ1) is 11.8. The van der Waals surface area contributed by atoms with Crippen LogP contribution in [0.25, 0.3) is 0 Å². The zero-order chi connectivity index (χ0) is 11.0. The first-order chi connectivity index (χ1) is 6.37. The van der Waals surface area contributed by atoms with E-state index in [1.807, 2.05) is 0 Å². The molecule has 0 saturated heterocycles. The van der Waals surface area contributed by atoms with Gasteiger partial charge in [-0.05, 0) is 0 Å². The van der Waals surface area contributed by atoms with E-state index in [1.165, 1.54) is 0 Å². The van der Waals surface area contributed by atoms with Crippen LogP contribution in [0.2, 0.25) is 0 Å². The molecule has 14 heavy (non-hydrogen) atoms. The van der Waals surface area contributed by atoms with Crippen LogP contribution < -0.4 is 0 Å². The molecule has 1 rings (SSSR count). The molecular formula is C6HCl4NO3. The zero-order valence-corrected chi connectivity index (χ0v) is 9.28. The van der Waals surface area contributed by atoms with Gasteiger partial charge in [-0.25, -0.2) is 0 Å². The third kappa shape index (κ3) is 1.75. The molecule has 1 unspecified atom stereocenters. The lowest BCUT2D eigenvalue weighted by Gasteiger charge is -2.14. The Labute approximate surface area is 98.2 Å². The summed E-state index contributed by atoms with van der Waals surface area (Å²) in [5, 5.41) is 9.04. The predicted molar refractivity (Wildman–Crippen MR) is 53.3 cm³/mol. The number of halogens is 4. The molecule has 0 aliphatic heterocycles. The summed E-state index contributed by atoms with van der Waals surface area (Å²) in [6, 6.07) is -1.75. The van der Waals surface area contributed by atoms with Crippen molar-refractivity contribution in [2.24, 2.45) is 0 Å². The molecule has 76 valence electrons. The van der Waals surface area contributed by atoms with E-state index < -0.39 is 26.8 Å². The number of hydrogen-bond donors (Lipinski definition) is 0. The van der Waals surface area contributed by atoms with E-state index in [-0.39, 0.29) is 10.1 Å². The highest BCUT2D eigenvalue weighted by Crippen LogP contribution is 2.37. The number of Topliss-reactive ketones (excluding diaryl/α,β-unsaturated/α-hetero) is 1. The monoisotopic (exact) mass is 275 g/mol. The molecule has 0 N–H and O–H groups in total. The van der Waals surface area contributed by atoms with Gasteiger partial charge >= 0.3 is 6.04 Å². The molecule has 0 amide bonds. The van der Waals surface area contributed by atoms with E-state index in [9.17, 15) is 14.9 Å². The summed E-state index contributed by atoms with van der Waals surface area (Å²) in [6.45, 7) is 0. The average molecular weight is 277 g/mol. The van der Waals surface area contributed by atoms with Crippen LogP contribution in [0.3, 0.4) is 0 Å². The van der Waals surface area contributed by atoms with Gasteiger partial charge < -0.3 is 0 Å². The Hall–Kier alpha value is -0.290. The maximum atomic E-state index is 11.2. The van der Waals surface area contributed by atoms with Crippen LogP contribution in [0, 0.1) is 10.1 Å². The van der Waals surface area contributed by atoms with E-state index in [4.69, 9.17) is 46.4 Å². The summed E-state index contributed by atoms with van der Waals surface area (Å²) in [5.41, 5.74) is 0. The van der Waals surface area contributed by atoms with E-state index in [1.54, 1.807) is 0 Å². The highest BCUT2D eigenvalue weighted by atomic mass is 35.5. The van der Waals surface area contributed by atoms with Gasteiger partial charge in [0.05, 0.1) is 10.1 Å². The molecule has 0 aromatic carbocycles. The van der Waals surface area contributed by atoms with Gasteiger partial charge in [0.25, 0.3) is 5.78 Å². The number of ketones is 1. The fourth-order valence-corrected chi connectivity index (χ4v) is 1.81. The van der Waals surface area contributed by atoms with Crippen LogP contribution in [-0.4, -0.2) is 16.7 Å². The Morgan fingerprint density at radius 1 is 1.07 bits per heavy atom. The molecule has 0 fully saturated rings. The highest BCUT2D eigenvalue weighted by Gasteiger charge is 2.42. The first-order valence-corrected chi connectivity index (χ1v) is 4.67. The molecule has 0 aromatic heterocycles. The maximum absolute atomic E-state index is 11.2. The summed E-state index contributed by atoms with van der Waals surface area (Å²) < 4.78 is 0. The van der Waals surface area contributed by atoms with Gasteiger partial charge in [0.1, 0.15) is 10.1 Å². The van der Waals surface area contributed by atoms with Crippen molar-refractivity contribution >= 4 is 52.2 Å². The molecule has 0 saturated carbocycles. The number of hydrogen-bond acceptors (Lipinski definition) is 3. The van der Waals surface area contributed by atoms with E-state index in [0.29, 0.717) is 0 Å². The van der Waals surface area contributed by atoms with Gasteiger partial charge in [0, 0.05) is 4.92 Å². The van der Waals surface area contributed by atoms with E-state index in [0.717, 1.165) is 0 Å². The lowest BCUT2D eigenvalue weighted by atomic mass is 10.1. The van der Waals surface area contributed by atoms with Crippen molar-refractivity contribution in [1.29, 1.82) is 0 Å².